The van der Waals surface area contributed by atoms with Crippen molar-refractivity contribution in [2.24, 2.45) is 5.92 Å². The maximum Gasteiger partial charge on any atom is 0.126 e. The molecular weight excluding hydrogens is 386 g/mol. The summed E-state index contributed by atoms with van der Waals surface area (Å²) in [4.78, 5) is 0. The lowest BCUT2D eigenvalue weighted by atomic mass is 9.76. The zero-order valence-electron chi connectivity index (χ0n) is 19.1. The fraction of sp³-hybridized carbons (Fsp3) is 0.586. The monoisotopic (exact) mass is 424 g/mol. The quantitative estimate of drug-likeness (QED) is 0.371. The van der Waals surface area contributed by atoms with Crippen molar-refractivity contribution in [3.8, 4) is 0 Å². The van der Waals surface area contributed by atoms with E-state index in [9.17, 15) is 4.39 Å². The standard InChI is InChI=1S/C29H38F2/c1-2-3-4-5-6-7-21-8-10-22(11-9-21)24-15-17-28(29(31)20-24)25-13-12-23-14-16-27(30)19-26(23)18-25/h14-17,19-22,25H,2-13,18H2,1H3. The van der Waals surface area contributed by atoms with E-state index in [-0.39, 0.29) is 17.6 Å². The summed E-state index contributed by atoms with van der Waals surface area (Å²) in [6, 6.07) is 11.1. The molecule has 2 aliphatic carbocycles. The Morgan fingerprint density at radius 3 is 2.35 bits per heavy atom. The van der Waals surface area contributed by atoms with Crippen molar-refractivity contribution >= 4 is 0 Å². The van der Waals surface area contributed by atoms with E-state index in [1.54, 1.807) is 6.07 Å². The van der Waals surface area contributed by atoms with Crippen LogP contribution in [0.5, 0.6) is 0 Å². The van der Waals surface area contributed by atoms with Crippen LogP contribution < -0.4 is 0 Å². The molecule has 0 bridgehead atoms. The Labute approximate surface area is 187 Å². The van der Waals surface area contributed by atoms with Crippen LogP contribution in [0.15, 0.2) is 36.4 Å². The van der Waals surface area contributed by atoms with Crippen LogP contribution in [-0.4, -0.2) is 0 Å². The van der Waals surface area contributed by atoms with E-state index in [0.29, 0.717) is 5.92 Å². The largest absolute Gasteiger partial charge is 0.207 e. The number of rotatable bonds is 8. The molecule has 1 fully saturated rings. The second-order valence-electron chi connectivity index (χ2n) is 10.1. The third-order valence-electron chi connectivity index (χ3n) is 7.90. The molecule has 0 spiro atoms. The average molecular weight is 425 g/mol. The van der Waals surface area contributed by atoms with Crippen molar-refractivity contribution in [1.82, 2.24) is 0 Å². The molecule has 1 saturated carbocycles. The van der Waals surface area contributed by atoms with Crippen LogP contribution in [0.3, 0.4) is 0 Å². The first-order valence-corrected chi connectivity index (χ1v) is 12.7. The summed E-state index contributed by atoms with van der Waals surface area (Å²) in [6.07, 6.45) is 15.8. The number of unbranched alkanes of at least 4 members (excludes halogenated alkanes) is 4. The van der Waals surface area contributed by atoms with Gasteiger partial charge in [-0.25, -0.2) is 8.78 Å². The van der Waals surface area contributed by atoms with E-state index in [4.69, 9.17) is 0 Å². The first-order chi connectivity index (χ1) is 15.1. The molecule has 0 N–H and O–H groups in total. The van der Waals surface area contributed by atoms with Crippen molar-refractivity contribution in [1.29, 1.82) is 0 Å². The Morgan fingerprint density at radius 1 is 0.774 bits per heavy atom. The normalized spacial score (nSPS) is 23.5. The third-order valence-corrected chi connectivity index (χ3v) is 7.90. The minimum atomic E-state index is -0.188. The molecule has 4 rings (SSSR count). The first kappa shape index (κ1) is 22.5. The van der Waals surface area contributed by atoms with Crippen molar-refractivity contribution in [2.45, 2.75) is 102 Å². The molecule has 0 nitrogen and oxygen atoms in total. The average Bonchev–Trinajstić information content (AvgIpc) is 2.79. The summed E-state index contributed by atoms with van der Waals surface area (Å²) >= 11 is 0. The highest BCUT2D eigenvalue weighted by Gasteiger charge is 2.26. The van der Waals surface area contributed by atoms with Crippen molar-refractivity contribution in [2.75, 3.05) is 0 Å². The van der Waals surface area contributed by atoms with Crippen LogP contribution in [-0.2, 0) is 12.8 Å². The molecular formula is C29H38F2. The second kappa shape index (κ2) is 10.7. The summed E-state index contributed by atoms with van der Waals surface area (Å²) in [6.45, 7) is 2.27. The topological polar surface area (TPSA) is 0 Å². The van der Waals surface area contributed by atoms with Crippen LogP contribution in [0.4, 0.5) is 8.78 Å². The van der Waals surface area contributed by atoms with Crippen LogP contribution >= 0.6 is 0 Å². The molecule has 2 aromatic rings. The molecule has 2 aliphatic rings. The van der Waals surface area contributed by atoms with E-state index in [1.807, 2.05) is 18.2 Å². The van der Waals surface area contributed by atoms with E-state index in [0.717, 1.165) is 36.3 Å². The molecule has 0 radical (unpaired) electrons. The molecule has 0 saturated heterocycles. The van der Waals surface area contributed by atoms with E-state index < -0.39 is 0 Å². The summed E-state index contributed by atoms with van der Waals surface area (Å²) in [5.74, 6) is 1.31. The summed E-state index contributed by atoms with van der Waals surface area (Å²) < 4.78 is 28.7. The van der Waals surface area contributed by atoms with Gasteiger partial charge in [0.05, 0.1) is 0 Å². The first-order valence-electron chi connectivity index (χ1n) is 12.7. The van der Waals surface area contributed by atoms with Gasteiger partial charge in [0.2, 0.25) is 0 Å². The van der Waals surface area contributed by atoms with Gasteiger partial charge in [-0.1, -0.05) is 63.6 Å². The van der Waals surface area contributed by atoms with Gasteiger partial charge in [-0.2, -0.15) is 0 Å². The predicted molar refractivity (Wildman–Crippen MR) is 126 cm³/mol. The molecule has 0 aliphatic heterocycles. The van der Waals surface area contributed by atoms with Gasteiger partial charge in [0.25, 0.3) is 0 Å². The Balaban J connectivity index is 1.31. The minimum Gasteiger partial charge on any atom is -0.207 e. The lowest BCUT2D eigenvalue weighted by Crippen LogP contribution is -2.16. The minimum absolute atomic E-state index is 0.0552. The molecule has 2 aromatic carbocycles. The van der Waals surface area contributed by atoms with Gasteiger partial charge in [-0.15, -0.1) is 0 Å². The van der Waals surface area contributed by atoms with E-state index in [2.05, 4.69) is 13.0 Å². The van der Waals surface area contributed by atoms with Gasteiger partial charge in [0, 0.05) is 0 Å². The van der Waals surface area contributed by atoms with Crippen LogP contribution in [0.1, 0.15) is 112 Å². The van der Waals surface area contributed by atoms with E-state index in [1.165, 1.54) is 81.4 Å². The Morgan fingerprint density at radius 2 is 1.58 bits per heavy atom. The van der Waals surface area contributed by atoms with Crippen molar-refractivity contribution in [3.63, 3.8) is 0 Å². The maximum absolute atomic E-state index is 15.1. The smallest absolute Gasteiger partial charge is 0.126 e. The Hall–Kier alpha value is -1.70. The van der Waals surface area contributed by atoms with Crippen molar-refractivity contribution < 1.29 is 8.78 Å². The summed E-state index contributed by atoms with van der Waals surface area (Å²) in [5.41, 5.74) is 4.27. The molecule has 168 valence electrons. The number of hydrogen-bond acceptors (Lipinski definition) is 0. The Bertz CT molecular complexity index is 848. The molecule has 31 heavy (non-hydrogen) atoms. The van der Waals surface area contributed by atoms with Gasteiger partial charge < -0.3 is 0 Å². The maximum atomic E-state index is 15.1. The third kappa shape index (κ3) is 5.76. The highest BCUT2D eigenvalue weighted by Crippen LogP contribution is 2.40. The van der Waals surface area contributed by atoms with Crippen LogP contribution in [0.25, 0.3) is 0 Å². The van der Waals surface area contributed by atoms with Crippen LogP contribution in [0, 0.1) is 17.6 Å². The number of aryl methyl sites for hydroxylation is 1. The number of halogens is 2. The van der Waals surface area contributed by atoms with Gasteiger partial charge >= 0.3 is 0 Å². The highest BCUT2D eigenvalue weighted by molar-refractivity contribution is 5.36. The van der Waals surface area contributed by atoms with Crippen LogP contribution in [0.2, 0.25) is 0 Å². The summed E-state index contributed by atoms with van der Waals surface area (Å²) in [5, 5.41) is 0. The summed E-state index contributed by atoms with van der Waals surface area (Å²) in [7, 11) is 0. The lowest BCUT2D eigenvalue weighted by Gasteiger charge is -2.30. The number of fused-ring (bicyclic) bond motifs is 1. The highest BCUT2D eigenvalue weighted by atomic mass is 19.1. The van der Waals surface area contributed by atoms with Gasteiger partial charge in [0.1, 0.15) is 11.6 Å². The zero-order chi connectivity index (χ0) is 21.6. The number of hydrogen-bond donors (Lipinski definition) is 0. The molecule has 2 heteroatoms. The van der Waals surface area contributed by atoms with Gasteiger partial charge in [0.15, 0.2) is 0 Å². The molecule has 1 unspecified atom stereocenters. The van der Waals surface area contributed by atoms with Gasteiger partial charge in [-0.05, 0) is 103 Å². The fourth-order valence-corrected chi connectivity index (χ4v) is 5.94. The molecule has 0 heterocycles. The predicted octanol–water partition coefficient (Wildman–Crippen LogP) is 8.87. The van der Waals surface area contributed by atoms with Crippen molar-refractivity contribution in [3.05, 3.63) is 70.3 Å². The van der Waals surface area contributed by atoms with E-state index >= 15 is 4.39 Å². The molecule has 0 aromatic heterocycles. The SMILES string of the molecule is CCCCCCCC1CCC(c2ccc(C3CCc4ccc(F)cc4C3)c(F)c2)CC1. The zero-order valence-corrected chi connectivity index (χ0v) is 19.1. The lowest BCUT2D eigenvalue weighted by molar-refractivity contribution is 0.301. The Kier molecular flexibility index (Phi) is 7.80. The fourth-order valence-electron chi connectivity index (χ4n) is 5.94. The second-order valence-corrected chi connectivity index (χ2v) is 10.1. The number of benzene rings is 2. The molecule has 0 amide bonds. The van der Waals surface area contributed by atoms with Gasteiger partial charge in [-0.3, -0.25) is 0 Å². The molecule has 1 atom stereocenters.